The highest BCUT2D eigenvalue weighted by molar-refractivity contribution is 6.30. The van der Waals surface area contributed by atoms with E-state index >= 15 is 0 Å². The molecule has 2 aromatic carbocycles. The highest BCUT2D eigenvalue weighted by Gasteiger charge is 2.21. The van der Waals surface area contributed by atoms with Crippen LogP contribution >= 0.6 is 11.6 Å². The molecule has 0 radical (unpaired) electrons. The number of nitrogens with zero attached hydrogens (tertiary/aromatic N) is 2. The standard InChI is InChI=1S/C18H20ClN3O/c1-14-4-2-7-17(12-14)21-8-10-22(11-9-21)18(23)20-16-6-3-5-15(19)13-16/h2-7,12-13H,8-11H2,1H3,(H,20,23). The lowest BCUT2D eigenvalue weighted by atomic mass is 10.2. The fourth-order valence-electron chi connectivity index (χ4n) is 2.76. The van der Waals surface area contributed by atoms with Gasteiger partial charge in [-0.25, -0.2) is 4.79 Å². The van der Waals surface area contributed by atoms with Crippen molar-refractivity contribution in [3.05, 3.63) is 59.1 Å². The minimum atomic E-state index is -0.0730. The van der Waals surface area contributed by atoms with Gasteiger partial charge in [0, 0.05) is 42.6 Å². The summed E-state index contributed by atoms with van der Waals surface area (Å²) in [5.41, 5.74) is 3.20. The van der Waals surface area contributed by atoms with Gasteiger partial charge in [-0.15, -0.1) is 0 Å². The van der Waals surface area contributed by atoms with E-state index in [1.165, 1.54) is 11.3 Å². The molecule has 0 bridgehead atoms. The Bertz CT molecular complexity index is 696. The Morgan fingerprint density at radius 2 is 1.78 bits per heavy atom. The molecule has 4 nitrogen and oxygen atoms in total. The van der Waals surface area contributed by atoms with Crippen LogP contribution in [0.4, 0.5) is 16.2 Å². The molecule has 120 valence electrons. The maximum atomic E-state index is 12.3. The number of nitrogens with one attached hydrogen (secondary N) is 1. The molecule has 1 aliphatic heterocycles. The van der Waals surface area contributed by atoms with Crippen molar-refractivity contribution in [1.29, 1.82) is 0 Å². The van der Waals surface area contributed by atoms with Gasteiger partial charge >= 0.3 is 6.03 Å². The van der Waals surface area contributed by atoms with Crippen LogP contribution in [-0.4, -0.2) is 37.1 Å². The zero-order valence-corrected chi connectivity index (χ0v) is 13.9. The first-order chi connectivity index (χ1) is 11.1. The predicted octanol–water partition coefficient (Wildman–Crippen LogP) is 4.00. The number of anilines is 2. The molecule has 1 saturated heterocycles. The van der Waals surface area contributed by atoms with Crippen LogP contribution in [0, 0.1) is 6.92 Å². The molecule has 0 unspecified atom stereocenters. The van der Waals surface area contributed by atoms with Crippen LogP contribution in [-0.2, 0) is 0 Å². The summed E-state index contributed by atoms with van der Waals surface area (Å²) in [5.74, 6) is 0. The summed E-state index contributed by atoms with van der Waals surface area (Å²) in [5, 5.41) is 3.52. The van der Waals surface area contributed by atoms with Gasteiger partial charge in [-0.3, -0.25) is 0 Å². The molecule has 0 spiro atoms. The van der Waals surface area contributed by atoms with E-state index in [4.69, 9.17) is 11.6 Å². The first kappa shape index (κ1) is 15.7. The first-order valence-corrected chi connectivity index (χ1v) is 8.13. The summed E-state index contributed by atoms with van der Waals surface area (Å²) in [7, 11) is 0. The molecular formula is C18H20ClN3O. The van der Waals surface area contributed by atoms with Crippen molar-refractivity contribution in [3.63, 3.8) is 0 Å². The van der Waals surface area contributed by atoms with Gasteiger partial charge < -0.3 is 15.1 Å². The second-order valence-electron chi connectivity index (χ2n) is 5.75. The highest BCUT2D eigenvalue weighted by atomic mass is 35.5. The van der Waals surface area contributed by atoms with Crippen molar-refractivity contribution < 1.29 is 4.79 Å². The average Bonchev–Trinajstić information content (AvgIpc) is 2.55. The van der Waals surface area contributed by atoms with E-state index in [0.717, 1.165) is 18.8 Å². The van der Waals surface area contributed by atoms with E-state index in [0.29, 0.717) is 18.1 Å². The number of carbonyl (C=O) groups is 1. The van der Waals surface area contributed by atoms with Crippen molar-refractivity contribution in [2.75, 3.05) is 36.4 Å². The van der Waals surface area contributed by atoms with Gasteiger partial charge in [0.05, 0.1) is 0 Å². The smallest absolute Gasteiger partial charge is 0.321 e. The van der Waals surface area contributed by atoms with E-state index in [2.05, 4.69) is 41.4 Å². The maximum absolute atomic E-state index is 12.3. The topological polar surface area (TPSA) is 35.6 Å². The lowest BCUT2D eigenvalue weighted by Gasteiger charge is -2.36. The zero-order valence-electron chi connectivity index (χ0n) is 13.1. The van der Waals surface area contributed by atoms with Gasteiger partial charge in [0.2, 0.25) is 0 Å². The Hall–Kier alpha value is -2.20. The second-order valence-corrected chi connectivity index (χ2v) is 6.19. The average molecular weight is 330 g/mol. The fraction of sp³-hybridized carbons (Fsp3) is 0.278. The molecule has 1 aliphatic rings. The number of amides is 2. The predicted molar refractivity (Wildman–Crippen MR) is 95.4 cm³/mol. The van der Waals surface area contributed by atoms with Gasteiger partial charge in [0.15, 0.2) is 0 Å². The molecule has 0 aliphatic carbocycles. The number of hydrogen-bond acceptors (Lipinski definition) is 2. The van der Waals surface area contributed by atoms with Crippen molar-refractivity contribution in [2.45, 2.75) is 6.92 Å². The Kier molecular flexibility index (Phi) is 4.72. The molecule has 2 amide bonds. The van der Waals surface area contributed by atoms with E-state index in [-0.39, 0.29) is 6.03 Å². The third-order valence-corrected chi connectivity index (χ3v) is 4.24. The van der Waals surface area contributed by atoms with Gasteiger partial charge in [0.25, 0.3) is 0 Å². The van der Waals surface area contributed by atoms with Crippen LogP contribution < -0.4 is 10.2 Å². The summed E-state index contributed by atoms with van der Waals surface area (Å²) in [6.07, 6.45) is 0. The van der Waals surface area contributed by atoms with Crippen molar-refractivity contribution in [1.82, 2.24) is 4.90 Å². The van der Waals surface area contributed by atoms with Crippen LogP contribution in [0.2, 0.25) is 5.02 Å². The molecule has 1 heterocycles. The van der Waals surface area contributed by atoms with Crippen LogP contribution in [0.3, 0.4) is 0 Å². The second kappa shape index (κ2) is 6.92. The highest BCUT2D eigenvalue weighted by Crippen LogP contribution is 2.19. The monoisotopic (exact) mass is 329 g/mol. The van der Waals surface area contributed by atoms with Crippen molar-refractivity contribution in [2.24, 2.45) is 0 Å². The SMILES string of the molecule is Cc1cccc(N2CCN(C(=O)Nc3cccc(Cl)c3)CC2)c1. The van der Waals surface area contributed by atoms with Crippen molar-refractivity contribution in [3.8, 4) is 0 Å². The third-order valence-electron chi connectivity index (χ3n) is 4.01. The molecule has 0 atom stereocenters. The van der Waals surface area contributed by atoms with E-state index < -0.39 is 0 Å². The largest absolute Gasteiger partial charge is 0.368 e. The summed E-state index contributed by atoms with van der Waals surface area (Å²) >= 11 is 5.94. The van der Waals surface area contributed by atoms with Gasteiger partial charge in [0.1, 0.15) is 0 Å². The fourth-order valence-corrected chi connectivity index (χ4v) is 2.95. The Labute approximate surface area is 141 Å². The molecule has 23 heavy (non-hydrogen) atoms. The number of rotatable bonds is 2. The molecule has 0 saturated carbocycles. The van der Waals surface area contributed by atoms with Gasteiger partial charge in [-0.2, -0.15) is 0 Å². The van der Waals surface area contributed by atoms with E-state index in [9.17, 15) is 4.79 Å². The maximum Gasteiger partial charge on any atom is 0.321 e. The Morgan fingerprint density at radius 3 is 2.48 bits per heavy atom. The van der Waals surface area contributed by atoms with E-state index in [1.54, 1.807) is 12.1 Å². The number of urea groups is 1. The van der Waals surface area contributed by atoms with Crippen molar-refractivity contribution >= 4 is 29.0 Å². The van der Waals surface area contributed by atoms with Crippen LogP contribution in [0.1, 0.15) is 5.56 Å². The number of piperazine rings is 1. The Morgan fingerprint density at radius 1 is 1.04 bits per heavy atom. The number of benzene rings is 2. The summed E-state index contributed by atoms with van der Waals surface area (Å²) in [6.45, 7) is 5.19. The number of hydrogen-bond donors (Lipinski definition) is 1. The minimum absolute atomic E-state index is 0.0730. The lowest BCUT2D eigenvalue weighted by Crippen LogP contribution is -2.50. The summed E-state index contributed by atoms with van der Waals surface area (Å²) in [6, 6.07) is 15.6. The number of carbonyl (C=O) groups excluding carboxylic acids is 1. The molecule has 5 heteroatoms. The number of aryl methyl sites for hydroxylation is 1. The normalized spacial score (nSPS) is 14.7. The first-order valence-electron chi connectivity index (χ1n) is 7.75. The molecule has 1 N–H and O–H groups in total. The Balaban J connectivity index is 1.57. The molecule has 1 fully saturated rings. The van der Waals surface area contributed by atoms with E-state index in [1.807, 2.05) is 17.0 Å². The van der Waals surface area contributed by atoms with Gasteiger partial charge in [-0.05, 0) is 42.8 Å². The molecule has 2 aromatic rings. The lowest BCUT2D eigenvalue weighted by molar-refractivity contribution is 0.208. The minimum Gasteiger partial charge on any atom is -0.368 e. The summed E-state index contributed by atoms with van der Waals surface area (Å²) < 4.78 is 0. The molecular weight excluding hydrogens is 310 g/mol. The van der Waals surface area contributed by atoms with Crippen LogP contribution in [0.5, 0.6) is 0 Å². The van der Waals surface area contributed by atoms with Crippen LogP contribution in [0.25, 0.3) is 0 Å². The third kappa shape index (κ3) is 3.96. The van der Waals surface area contributed by atoms with Gasteiger partial charge in [-0.1, -0.05) is 29.8 Å². The van der Waals surface area contributed by atoms with Crippen LogP contribution in [0.15, 0.2) is 48.5 Å². The molecule has 3 rings (SSSR count). The zero-order chi connectivity index (χ0) is 16.2. The quantitative estimate of drug-likeness (QED) is 0.903. The number of halogens is 1. The molecule has 0 aromatic heterocycles. The summed E-state index contributed by atoms with van der Waals surface area (Å²) in [4.78, 5) is 16.5.